The Morgan fingerprint density at radius 2 is 1.67 bits per heavy atom. The highest BCUT2D eigenvalue weighted by molar-refractivity contribution is 5.48. The third kappa shape index (κ3) is 2.94. The van der Waals surface area contributed by atoms with Gasteiger partial charge in [0.15, 0.2) is 6.10 Å². The predicted octanol–water partition coefficient (Wildman–Crippen LogP) is 2.12. The Bertz CT molecular complexity index is 385. The van der Waals surface area contributed by atoms with Gasteiger partial charge < -0.3 is 14.7 Å². The minimum atomic E-state index is -4.62. The van der Waals surface area contributed by atoms with Crippen molar-refractivity contribution in [3.63, 3.8) is 0 Å². The first-order chi connectivity index (χ1) is 8.48. The zero-order valence-electron chi connectivity index (χ0n) is 9.65. The average Bonchev–Trinajstić information content (AvgIpc) is 2.38. The van der Waals surface area contributed by atoms with Gasteiger partial charge >= 0.3 is 6.18 Å². The van der Waals surface area contributed by atoms with Gasteiger partial charge in [0.05, 0.1) is 13.2 Å². The Balaban J connectivity index is 2.09. The Morgan fingerprint density at radius 1 is 1.11 bits per heavy atom. The van der Waals surface area contributed by atoms with Crippen LogP contribution in [0.3, 0.4) is 0 Å². The first kappa shape index (κ1) is 13.2. The molecule has 100 valence electrons. The van der Waals surface area contributed by atoms with Crippen molar-refractivity contribution < 1.29 is 23.0 Å². The molecule has 1 aromatic rings. The molecule has 0 bridgehead atoms. The van der Waals surface area contributed by atoms with Crippen molar-refractivity contribution >= 4 is 5.69 Å². The Labute approximate surface area is 103 Å². The van der Waals surface area contributed by atoms with Crippen LogP contribution >= 0.6 is 0 Å². The van der Waals surface area contributed by atoms with E-state index in [1.54, 1.807) is 12.1 Å². The van der Waals surface area contributed by atoms with Gasteiger partial charge in [0.1, 0.15) is 0 Å². The van der Waals surface area contributed by atoms with Crippen LogP contribution in [0.2, 0.25) is 0 Å². The van der Waals surface area contributed by atoms with Gasteiger partial charge in [0.25, 0.3) is 0 Å². The second kappa shape index (κ2) is 5.16. The summed E-state index contributed by atoms with van der Waals surface area (Å²) in [5.74, 6) is 0. The summed E-state index contributed by atoms with van der Waals surface area (Å²) in [5, 5.41) is 9.10. The van der Waals surface area contributed by atoms with Gasteiger partial charge in [-0.05, 0) is 17.7 Å². The summed E-state index contributed by atoms with van der Waals surface area (Å²) >= 11 is 0. The second-order valence-corrected chi connectivity index (χ2v) is 4.14. The number of halogens is 3. The van der Waals surface area contributed by atoms with Crippen LogP contribution in [-0.2, 0) is 4.74 Å². The van der Waals surface area contributed by atoms with Crippen LogP contribution in [0, 0.1) is 0 Å². The van der Waals surface area contributed by atoms with Gasteiger partial charge in [-0.2, -0.15) is 13.2 Å². The average molecular weight is 261 g/mol. The number of alkyl halides is 3. The monoisotopic (exact) mass is 261 g/mol. The molecule has 0 saturated carbocycles. The van der Waals surface area contributed by atoms with E-state index in [1.165, 1.54) is 12.1 Å². The van der Waals surface area contributed by atoms with E-state index in [-0.39, 0.29) is 5.56 Å². The lowest BCUT2D eigenvalue weighted by molar-refractivity contribution is -0.206. The Morgan fingerprint density at radius 3 is 2.17 bits per heavy atom. The quantitative estimate of drug-likeness (QED) is 0.885. The zero-order chi connectivity index (χ0) is 13.2. The summed E-state index contributed by atoms with van der Waals surface area (Å²) in [6, 6.07) is 5.80. The van der Waals surface area contributed by atoms with E-state index in [2.05, 4.69) is 0 Å². The van der Waals surface area contributed by atoms with Crippen LogP contribution in [0.25, 0.3) is 0 Å². The normalized spacial score (nSPS) is 18.8. The number of aliphatic hydroxyl groups excluding tert-OH is 1. The van der Waals surface area contributed by atoms with E-state index in [0.29, 0.717) is 13.2 Å². The molecule has 1 unspecified atom stereocenters. The Hall–Kier alpha value is -1.27. The lowest BCUT2D eigenvalue weighted by Crippen LogP contribution is -2.36. The summed E-state index contributed by atoms with van der Waals surface area (Å²) in [6.07, 6.45) is -7.04. The predicted molar refractivity (Wildman–Crippen MR) is 60.5 cm³/mol. The molecule has 1 aliphatic rings. The van der Waals surface area contributed by atoms with Crippen molar-refractivity contribution in [1.82, 2.24) is 0 Å². The molecule has 1 saturated heterocycles. The molecule has 2 rings (SSSR count). The van der Waals surface area contributed by atoms with E-state index in [0.717, 1.165) is 18.8 Å². The van der Waals surface area contributed by atoms with Crippen molar-refractivity contribution in [3.8, 4) is 0 Å². The van der Waals surface area contributed by atoms with Crippen molar-refractivity contribution in [1.29, 1.82) is 0 Å². The van der Waals surface area contributed by atoms with Gasteiger partial charge in [-0.3, -0.25) is 0 Å². The van der Waals surface area contributed by atoms with E-state index in [1.807, 2.05) is 4.90 Å². The molecule has 1 atom stereocenters. The summed E-state index contributed by atoms with van der Waals surface area (Å²) in [5.41, 5.74) is 0.705. The third-order valence-corrected chi connectivity index (χ3v) is 2.90. The largest absolute Gasteiger partial charge is 0.418 e. The van der Waals surface area contributed by atoms with E-state index in [4.69, 9.17) is 9.84 Å². The molecule has 0 aliphatic carbocycles. The first-order valence-corrected chi connectivity index (χ1v) is 5.66. The Kier molecular flexibility index (Phi) is 3.77. The molecule has 6 heteroatoms. The fourth-order valence-corrected chi connectivity index (χ4v) is 1.88. The highest BCUT2D eigenvalue weighted by Gasteiger charge is 2.39. The lowest BCUT2D eigenvalue weighted by Gasteiger charge is -2.29. The second-order valence-electron chi connectivity index (χ2n) is 4.14. The molecule has 18 heavy (non-hydrogen) atoms. The number of hydrogen-bond acceptors (Lipinski definition) is 3. The number of morpholine rings is 1. The number of ether oxygens (including phenoxy) is 1. The number of nitrogens with zero attached hydrogens (tertiary/aromatic N) is 1. The van der Waals surface area contributed by atoms with E-state index in [9.17, 15) is 13.2 Å². The standard InChI is InChI=1S/C12H14F3NO2/c13-12(14,15)11(17)9-1-3-10(4-2-9)16-5-7-18-8-6-16/h1-4,11,17H,5-8H2. The number of hydrogen-bond donors (Lipinski definition) is 1. The number of aliphatic hydroxyl groups is 1. The lowest BCUT2D eigenvalue weighted by atomic mass is 10.1. The summed E-state index contributed by atoms with van der Waals surface area (Å²) in [7, 11) is 0. The fourth-order valence-electron chi connectivity index (χ4n) is 1.88. The molecular weight excluding hydrogens is 247 g/mol. The highest BCUT2D eigenvalue weighted by atomic mass is 19.4. The van der Waals surface area contributed by atoms with Crippen LogP contribution in [0.1, 0.15) is 11.7 Å². The summed E-state index contributed by atoms with van der Waals surface area (Å²) < 4.78 is 42.1. The molecule has 0 radical (unpaired) electrons. The van der Waals surface area contributed by atoms with Crippen LogP contribution in [0.4, 0.5) is 18.9 Å². The topological polar surface area (TPSA) is 32.7 Å². The summed E-state index contributed by atoms with van der Waals surface area (Å²) in [6.45, 7) is 2.68. The molecule has 0 spiro atoms. The maximum atomic E-state index is 12.3. The van der Waals surface area contributed by atoms with Crippen LogP contribution in [0.15, 0.2) is 24.3 Å². The fraction of sp³-hybridized carbons (Fsp3) is 0.500. The molecule has 1 aliphatic heterocycles. The van der Waals surface area contributed by atoms with Crippen molar-refractivity contribution in [2.24, 2.45) is 0 Å². The smallest absolute Gasteiger partial charge is 0.379 e. The van der Waals surface area contributed by atoms with Crippen LogP contribution in [0.5, 0.6) is 0 Å². The SMILES string of the molecule is OC(c1ccc(N2CCOCC2)cc1)C(F)(F)F. The van der Waals surface area contributed by atoms with Gasteiger partial charge in [-0.1, -0.05) is 12.1 Å². The molecular formula is C12H14F3NO2. The molecule has 3 nitrogen and oxygen atoms in total. The van der Waals surface area contributed by atoms with Gasteiger partial charge in [0.2, 0.25) is 0 Å². The van der Waals surface area contributed by atoms with Gasteiger partial charge in [-0.25, -0.2) is 0 Å². The zero-order valence-corrected chi connectivity index (χ0v) is 9.65. The maximum absolute atomic E-state index is 12.3. The van der Waals surface area contributed by atoms with E-state index >= 15 is 0 Å². The van der Waals surface area contributed by atoms with E-state index < -0.39 is 12.3 Å². The highest BCUT2D eigenvalue weighted by Crippen LogP contribution is 2.33. The van der Waals surface area contributed by atoms with Crippen molar-refractivity contribution in [3.05, 3.63) is 29.8 Å². The molecule has 0 aromatic heterocycles. The number of rotatable bonds is 2. The molecule has 0 amide bonds. The molecule has 1 aromatic carbocycles. The van der Waals surface area contributed by atoms with Crippen molar-refractivity contribution in [2.75, 3.05) is 31.2 Å². The van der Waals surface area contributed by atoms with Crippen LogP contribution < -0.4 is 4.90 Å². The number of anilines is 1. The molecule has 1 fully saturated rings. The first-order valence-electron chi connectivity index (χ1n) is 5.66. The van der Waals surface area contributed by atoms with Gasteiger partial charge in [0, 0.05) is 18.8 Å². The van der Waals surface area contributed by atoms with Crippen molar-refractivity contribution in [2.45, 2.75) is 12.3 Å². The third-order valence-electron chi connectivity index (χ3n) is 2.90. The molecule has 1 N–H and O–H groups in total. The van der Waals surface area contributed by atoms with Gasteiger partial charge in [-0.15, -0.1) is 0 Å². The summed E-state index contributed by atoms with van der Waals surface area (Å²) in [4.78, 5) is 2.03. The minimum Gasteiger partial charge on any atom is -0.379 e. The molecule has 1 heterocycles. The minimum absolute atomic E-state index is 0.139. The van der Waals surface area contributed by atoms with Crippen LogP contribution in [-0.4, -0.2) is 37.6 Å². The number of benzene rings is 1. The maximum Gasteiger partial charge on any atom is 0.418 e.